The Morgan fingerprint density at radius 3 is 2.62 bits per heavy atom. The predicted octanol–water partition coefficient (Wildman–Crippen LogP) is 3.78. The van der Waals surface area contributed by atoms with E-state index >= 15 is 0 Å². The lowest BCUT2D eigenvalue weighted by Gasteiger charge is -2.28. The third kappa shape index (κ3) is 6.01. The van der Waals surface area contributed by atoms with Crippen molar-refractivity contribution in [3.63, 3.8) is 0 Å². The van der Waals surface area contributed by atoms with Gasteiger partial charge < -0.3 is 14.4 Å². The summed E-state index contributed by atoms with van der Waals surface area (Å²) in [5, 5.41) is 6.80. The minimum atomic E-state index is 0.396. The highest BCUT2D eigenvalue weighted by Gasteiger charge is 2.16. The maximum absolute atomic E-state index is 5.99. The Bertz CT molecular complexity index is 1110. The van der Waals surface area contributed by atoms with Crippen molar-refractivity contribution in [3.8, 4) is 6.01 Å². The lowest BCUT2D eigenvalue weighted by atomic mass is 10.1. The number of hydrogen-bond acceptors (Lipinski definition) is 8. The average molecular weight is 461 g/mol. The summed E-state index contributed by atoms with van der Waals surface area (Å²) in [7, 11) is 0. The van der Waals surface area contributed by atoms with Crippen LogP contribution in [0.5, 0.6) is 6.01 Å². The molecule has 2 aliphatic heterocycles. The molecule has 2 saturated heterocycles. The smallest absolute Gasteiger partial charge is 0.319 e. The minimum Gasteiger partial charge on any atom is -0.462 e. The van der Waals surface area contributed by atoms with Gasteiger partial charge in [0, 0.05) is 25.7 Å². The number of hydrogen-bond donors (Lipinski definition) is 1. The molecule has 8 nitrogen and oxygen atoms in total. The van der Waals surface area contributed by atoms with Crippen molar-refractivity contribution < 1.29 is 9.47 Å². The van der Waals surface area contributed by atoms with Crippen molar-refractivity contribution in [3.05, 3.63) is 54.2 Å². The molecule has 34 heavy (non-hydrogen) atoms. The van der Waals surface area contributed by atoms with Crippen LogP contribution in [-0.4, -0.2) is 73.6 Å². The van der Waals surface area contributed by atoms with Gasteiger partial charge in [-0.3, -0.25) is 10.3 Å². The van der Waals surface area contributed by atoms with Crippen molar-refractivity contribution in [2.75, 3.05) is 62.9 Å². The number of likely N-dealkylation sites (tertiary alicyclic amines) is 1. The molecule has 0 atom stereocenters. The molecule has 2 fully saturated rings. The van der Waals surface area contributed by atoms with Crippen molar-refractivity contribution in [1.29, 1.82) is 0 Å². The second kappa shape index (κ2) is 11.3. The number of aromatic nitrogens is 2. The lowest BCUT2D eigenvalue weighted by molar-refractivity contribution is 0.122. The zero-order chi connectivity index (χ0) is 23.0. The van der Waals surface area contributed by atoms with E-state index in [1.54, 1.807) is 6.21 Å². The van der Waals surface area contributed by atoms with Crippen molar-refractivity contribution >= 4 is 28.5 Å². The highest BCUT2D eigenvalue weighted by Crippen LogP contribution is 2.20. The number of hydrazone groups is 1. The molecular weight excluding hydrogens is 428 g/mol. The van der Waals surface area contributed by atoms with Crippen LogP contribution in [0.15, 0.2) is 53.6 Å². The van der Waals surface area contributed by atoms with E-state index < -0.39 is 0 Å². The largest absolute Gasteiger partial charge is 0.462 e. The first-order valence-corrected chi connectivity index (χ1v) is 12.2. The Balaban J connectivity index is 1.28. The highest BCUT2D eigenvalue weighted by molar-refractivity contribution is 5.86. The number of rotatable bonds is 8. The molecule has 5 rings (SSSR count). The van der Waals surface area contributed by atoms with Crippen LogP contribution in [0.3, 0.4) is 0 Å². The van der Waals surface area contributed by atoms with Gasteiger partial charge in [-0.25, -0.2) is 0 Å². The average Bonchev–Trinajstić information content (AvgIpc) is 2.90. The van der Waals surface area contributed by atoms with E-state index in [1.165, 1.54) is 30.0 Å². The first-order chi connectivity index (χ1) is 16.8. The normalized spacial score (nSPS) is 17.4. The van der Waals surface area contributed by atoms with Crippen LogP contribution in [0.4, 0.5) is 11.5 Å². The number of morpholine rings is 1. The molecule has 0 bridgehead atoms. The molecule has 0 radical (unpaired) electrons. The van der Waals surface area contributed by atoms with E-state index in [0.717, 1.165) is 44.2 Å². The third-order valence-electron chi connectivity index (χ3n) is 6.27. The molecule has 1 N–H and O–H groups in total. The lowest BCUT2D eigenvalue weighted by Crippen LogP contribution is -2.37. The van der Waals surface area contributed by atoms with Crippen LogP contribution >= 0.6 is 0 Å². The molecule has 8 heteroatoms. The van der Waals surface area contributed by atoms with Crippen LogP contribution in [0.25, 0.3) is 10.8 Å². The summed E-state index contributed by atoms with van der Waals surface area (Å²) in [5.74, 6) is 0.846. The molecule has 2 aliphatic rings. The maximum Gasteiger partial charge on any atom is 0.319 e. The zero-order valence-electron chi connectivity index (χ0n) is 19.5. The fourth-order valence-electron chi connectivity index (χ4n) is 4.40. The Labute approximate surface area is 200 Å². The molecule has 0 aliphatic carbocycles. The number of piperidine rings is 1. The molecule has 3 aromatic rings. The zero-order valence-corrected chi connectivity index (χ0v) is 19.5. The fraction of sp³-hybridized carbons (Fsp3) is 0.423. The Hall–Kier alpha value is -3.23. The quantitative estimate of drug-likeness (QED) is 0.405. The molecule has 3 heterocycles. The van der Waals surface area contributed by atoms with Gasteiger partial charge in [0.25, 0.3) is 0 Å². The third-order valence-corrected chi connectivity index (χ3v) is 6.27. The molecule has 0 amide bonds. The molecular formula is C26H32N6O2. The summed E-state index contributed by atoms with van der Waals surface area (Å²) >= 11 is 0. The highest BCUT2D eigenvalue weighted by atomic mass is 16.5. The summed E-state index contributed by atoms with van der Waals surface area (Å²) in [6.45, 7) is 6.78. The molecule has 0 spiro atoms. The summed E-state index contributed by atoms with van der Waals surface area (Å²) < 4.78 is 11.5. The number of nitrogens with one attached hydrogen (secondary N) is 1. The van der Waals surface area contributed by atoms with Gasteiger partial charge >= 0.3 is 6.01 Å². The maximum atomic E-state index is 5.99. The van der Waals surface area contributed by atoms with Gasteiger partial charge in [0.1, 0.15) is 12.4 Å². The van der Waals surface area contributed by atoms with Crippen LogP contribution in [0, 0.1) is 0 Å². The Morgan fingerprint density at radius 1 is 0.941 bits per heavy atom. The number of fused-ring (bicyclic) bond motifs is 1. The summed E-state index contributed by atoms with van der Waals surface area (Å²) in [6.07, 6.45) is 5.60. The van der Waals surface area contributed by atoms with Gasteiger partial charge in [-0.05, 0) is 48.8 Å². The molecule has 2 aromatic carbocycles. The van der Waals surface area contributed by atoms with Crippen LogP contribution in [0.2, 0.25) is 0 Å². The van der Waals surface area contributed by atoms with Gasteiger partial charge in [-0.1, -0.05) is 36.8 Å². The Morgan fingerprint density at radius 2 is 1.76 bits per heavy atom. The van der Waals surface area contributed by atoms with E-state index in [9.17, 15) is 0 Å². The van der Waals surface area contributed by atoms with Gasteiger partial charge in [0.15, 0.2) is 0 Å². The van der Waals surface area contributed by atoms with E-state index in [2.05, 4.69) is 54.6 Å². The standard InChI is InChI=1S/C26H32N6O2/c1-4-10-31(11-5-1)12-17-34-26-28-24(19-25(29-26)32-13-15-33-16-14-32)20-27-30-23-9-8-21-6-2-3-7-22(21)18-23/h2-3,6-9,18-20,30H,1,4-5,10-17H2/b27-20+. The topological polar surface area (TPSA) is 75.1 Å². The van der Waals surface area contributed by atoms with E-state index in [0.29, 0.717) is 31.5 Å². The molecule has 1 aromatic heterocycles. The summed E-state index contributed by atoms with van der Waals surface area (Å²) in [6, 6.07) is 16.8. The molecule has 0 unspecified atom stereocenters. The van der Waals surface area contributed by atoms with Gasteiger partial charge in [-0.15, -0.1) is 0 Å². The fourth-order valence-corrected chi connectivity index (χ4v) is 4.40. The van der Waals surface area contributed by atoms with Crippen molar-refractivity contribution in [2.45, 2.75) is 19.3 Å². The second-order valence-electron chi connectivity index (χ2n) is 8.72. The summed E-state index contributed by atoms with van der Waals surface area (Å²) in [5.41, 5.74) is 4.75. The van der Waals surface area contributed by atoms with Crippen molar-refractivity contribution in [2.24, 2.45) is 5.10 Å². The van der Waals surface area contributed by atoms with E-state index in [-0.39, 0.29) is 0 Å². The number of nitrogens with zero attached hydrogens (tertiary/aromatic N) is 5. The first-order valence-electron chi connectivity index (χ1n) is 12.2. The van der Waals surface area contributed by atoms with Gasteiger partial charge in [0.05, 0.1) is 30.8 Å². The van der Waals surface area contributed by atoms with E-state index in [4.69, 9.17) is 9.47 Å². The number of ether oxygens (including phenoxy) is 2. The van der Waals surface area contributed by atoms with Gasteiger partial charge in [0.2, 0.25) is 0 Å². The SMILES string of the molecule is C(=N\Nc1ccc2ccccc2c1)/c1cc(N2CCOCC2)nc(OCCN2CCCCC2)n1. The Kier molecular flexibility index (Phi) is 7.47. The minimum absolute atomic E-state index is 0.396. The number of anilines is 2. The predicted molar refractivity (Wildman–Crippen MR) is 136 cm³/mol. The summed E-state index contributed by atoms with van der Waals surface area (Å²) in [4.78, 5) is 13.9. The van der Waals surface area contributed by atoms with Gasteiger partial charge in [-0.2, -0.15) is 15.1 Å². The van der Waals surface area contributed by atoms with Crippen LogP contribution < -0.4 is 15.1 Å². The van der Waals surface area contributed by atoms with Crippen molar-refractivity contribution in [1.82, 2.24) is 14.9 Å². The van der Waals surface area contributed by atoms with Crippen LogP contribution in [0.1, 0.15) is 25.0 Å². The molecule has 178 valence electrons. The monoisotopic (exact) mass is 460 g/mol. The second-order valence-corrected chi connectivity index (χ2v) is 8.72. The van der Waals surface area contributed by atoms with Crippen LogP contribution in [-0.2, 0) is 4.74 Å². The molecule has 0 saturated carbocycles. The number of benzene rings is 2. The van der Waals surface area contributed by atoms with E-state index in [1.807, 2.05) is 24.3 Å². The first kappa shape index (κ1) is 22.6.